The van der Waals surface area contributed by atoms with E-state index in [0.29, 0.717) is 12.2 Å². The Hall–Kier alpha value is -0.840. The van der Waals surface area contributed by atoms with Crippen molar-refractivity contribution in [2.24, 2.45) is 0 Å². The van der Waals surface area contributed by atoms with Gasteiger partial charge < -0.3 is 14.9 Å². The van der Waals surface area contributed by atoms with E-state index in [4.69, 9.17) is 26.6 Å². The van der Waals surface area contributed by atoms with Gasteiger partial charge in [0.15, 0.2) is 6.29 Å². The van der Waals surface area contributed by atoms with E-state index in [1.165, 1.54) is 18.2 Å². The van der Waals surface area contributed by atoms with E-state index in [1.54, 1.807) is 0 Å². The lowest BCUT2D eigenvalue weighted by Crippen LogP contribution is -2.00. The van der Waals surface area contributed by atoms with Crippen molar-refractivity contribution in [1.29, 1.82) is 0 Å². The second-order valence-electron chi connectivity index (χ2n) is 2.95. The molecule has 1 aromatic rings. The third kappa shape index (κ3) is 3.66. The van der Waals surface area contributed by atoms with Gasteiger partial charge in [-0.15, -0.1) is 0 Å². The quantitative estimate of drug-likeness (QED) is 0.606. The number of rotatable bonds is 5. The number of alkyl halides is 1. The van der Waals surface area contributed by atoms with Crippen molar-refractivity contribution in [2.75, 3.05) is 13.3 Å². The largest absolute Gasteiger partial charge is 0.492 e. The second-order valence-corrected chi connectivity index (χ2v) is 3.36. The predicted octanol–water partition coefficient (Wildman–Crippen LogP) is 2.06. The van der Waals surface area contributed by atoms with Crippen molar-refractivity contribution < 1.29 is 19.3 Å². The van der Waals surface area contributed by atoms with Crippen LogP contribution in [0.4, 0.5) is 4.39 Å². The maximum Gasteiger partial charge on any atom is 0.178 e. The summed E-state index contributed by atoms with van der Waals surface area (Å²) in [6, 6.07) is 4.41. The Kier molecular flexibility index (Phi) is 4.81. The van der Waals surface area contributed by atoms with Crippen LogP contribution in [0.25, 0.3) is 0 Å². The summed E-state index contributed by atoms with van der Waals surface area (Å²) >= 11 is 5.81. The minimum atomic E-state index is -1.55. The molecule has 0 aliphatic carbocycles. The molecule has 2 N–H and O–H groups in total. The summed E-state index contributed by atoms with van der Waals surface area (Å²) in [5.74, 6) is 0.412. The van der Waals surface area contributed by atoms with Gasteiger partial charge in [0, 0.05) is 12.0 Å². The molecule has 0 amide bonds. The zero-order valence-corrected chi connectivity index (χ0v) is 8.75. The highest BCUT2D eigenvalue weighted by Gasteiger charge is 2.07. The van der Waals surface area contributed by atoms with Gasteiger partial charge in [0.1, 0.15) is 5.75 Å². The smallest absolute Gasteiger partial charge is 0.178 e. The van der Waals surface area contributed by atoms with Crippen molar-refractivity contribution in [3.05, 3.63) is 28.8 Å². The number of ether oxygens (including phenoxy) is 1. The fraction of sp³-hybridized carbons (Fsp3) is 0.400. The Morgan fingerprint density at radius 3 is 2.67 bits per heavy atom. The van der Waals surface area contributed by atoms with Gasteiger partial charge in [-0.3, -0.25) is 4.39 Å². The van der Waals surface area contributed by atoms with Crippen LogP contribution < -0.4 is 4.74 Å². The molecule has 0 atom stereocenters. The van der Waals surface area contributed by atoms with Crippen LogP contribution in [0, 0.1) is 0 Å². The number of aliphatic hydroxyl groups is 2. The van der Waals surface area contributed by atoms with Crippen LogP contribution in [-0.2, 0) is 0 Å². The van der Waals surface area contributed by atoms with Gasteiger partial charge in [-0.1, -0.05) is 17.7 Å². The second kappa shape index (κ2) is 5.90. The molecular weight excluding hydrogens is 223 g/mol. The van der Waals surface area contributed by atoms with Crippen LogP contribution in [0.15, 0.2) is 18.2 Å². The number of benzene rings is 1. The van der Waals surface area contributed by atoms with Crippen LogP contribution >= 0.6 is 11.6 Å². The van der Waals surface area contributed by atoms with E-state index in [-0.39, 0.29) is 17.2 Å². The fourth-order valence-electron chi connectivity index (χ4n) is 1.03. The molecule has 0 aliphatic rings. The van der Waals surface area contributed by atoms with Gasteiger partial charge in [-0.05, 0) is 12.1 Å². The van der Waals surface area contributed by atoms with E-state index < -0.39 is 13.0 Å². The third-order valence-corrected chi connectivity index (χ3v) is 2.08. The maximum absolute atomic E-state index is 11.8. The Labute approximate surface area is 92.1 Å². The van der Waals surface area contributed by atoms with Crippen molar-refractivity contribution in [3.8, 4) is 5.75 Å². The molecule has 1 rings (SSSR count). The van der Waals surface area contributed by atoms with Crippen LogP contribution in [-0.4, -0.2) is 23.5 Å². The lowest BCUT2D eigenvalue weighted by Gasteiger charge is -2.09. The summed E-state index contributed by atoms with van der Waals surface area (Å²) in [5.41, 5.74) is 0.290. The molecule has 3 nitrogen and oxygen atoms in total. The first-order chi connectivity index (χ1) is 7.15. The molecule has 0 fully saturated rings. The summed E-state index contributed by atoms with van der Waals surface area (Å²) in [5, 5.41) is 18.0. The number of hydrogen-bond acceptors (Lipinski definition) is 3. The summed E-state index contributed by atoms with van der Waals surface area (Å²) < 4.78 is 17.0. The van der Waals surface area contributed by atoms with Gasteiger partial charge in [0.05, 0.1) is 18.3 Å². The minimum absolute atomic E-state index is 0.247. The molecule has 0 saturated carbocycles. The van der Waals surface area contributed by atoms with E-state index in [9.17, 15) is 4.39 Å². The summed E-state index contributed by atoms with van der Waals surface area (Å²) in [6.45, 7) is -0.192. The molecule has 15 heavy (non-hydrogen) atoms. The van der Waals surface area contributed by atoms with E-state index in [0.717, 1.165) is 0 Å². The number of halogens is 2. The van der Waals surface area contributed by atoms with Gasteiger partial charge in [-0.25, -0.2) is 0 Å². The van der Waals surface area contributed by atoms with Crippen molar-refractivity contribution in [2.45, 2.75) is 12.7 Å². The normalized spacial score (nSPS) is 10.7. The first-order valence-electron chi connectivity index (χ1n) is 4.49. The minimum Gasteiger partial charge on any atom is -0.492 e. The number of hydrogen-bond donors (Lipinski definition) is 2. The Bertz CT molecular complexity index is 318. The molecule has 1 aromatic carbocycles. The van der Waals surface area contributed by atoms with Gasteiger partial charge >= 0.3 is 0 Å². The molecule has 0 unspecified atom stereocenters. The molecule has 0 heterocycles. The average Bonchev–Trinajstić information content (AvgIpc) is 2.20. The summed E-state index contributed by atoms with van der Waals surface area (Å²) in [6.07, 6.45) is -1.25. The first-order valence-corrected chi connectivity index (χ1v) is 4.87. The average molecular weight is 235 g/mol. The standard InChI is InChI=1S/C10H12ClFO3/c11-8-6-7(10(13)14)2-3-9(8)15-5-1-4-12/h2-3,6,10,13-14H,1,4-5H2. The van der Waals surface area contributed by atoms with Crippen molar-refractivity contribution in [1.82, 2.24) is 0 Å². The molecule has 0 aromatic heterocycles. The summed E-state index contributed by atoms with van der Waals surface area (Å²) in [4.78, 5) is 0. The van der Waals surface area contributed by atoms with Crippen molar-refractivity contribution >= 4 is 11.6 Å². The topological polar surface area (TPSA) is 49.7 Å². The van der Waals surface area contributed by atoms with Gasteiger partial charge in [-0.2, -0.15) is 0 Å². The highest BCUT2D eigenvalue weighted by Crippen LogP contribution is 2.27. The molecule has 0 bridgehead atoms. The van der Waals surface area contributed by atoms with Gasteiger partial charge in [0.25, 0.3) is 0 Å². The van der Waals surface area contributed by atoms with E-state index in [2.05, 4.69) is 0 Å². The Morgan fingerprint density at radius 1 is 1.40 bits per heavy atom. The van der Waals surface area contributed by atoms with Crippen LogP contribution in [0.5, 0.6) is 5.75 Å². The van der Waals surface area contributed by atoms with Crippen LogP contribution in [0.3, 0.4) is 0 Å². The SMILES string of the molecule is OC(O)c1ccc(OCCCF)c(Cl)c1. The highest BCUT2D eigenvalue weighted by atomic mass is 35.5. The van der Waals surface area contributed by atoms with Crippen molar-refractivity contribution in [3.63, 3.8) is 0 Å². The zero-order valence-electron chi connectivity index (χ0n) is 7.99. The maximum atomic E-state index is 11.8. The third-order valence-electron chi connectivity index (χ3n) is 1.79. The number of aliphatic hydroxyl groups excluding tert-OH is 1. The van der Waals surface area contributed by atoms with Crippen LogP contribution in [0.2, 0.25) is 5.02 Å². The van der Waals surface area contributed by atoms with Crippen LogP contribution in [0.1, 0.15) is 18.3 Å². The Morgan fingerprint density at radius 2 is 2.13 bits per heavy atom. The lowest BCUT2D eigenvalue weighted by molar-refractivity contribution is -0.0425. The van der Waals surface area contributed by atoms with Gasteiger partial charge in [0.2, 0.25) is 0 Å². The zero-order chi connectivity index (χ0) is 11.3. The molecule has 0 radical (unpaired) electrons. The summed E-state index contributed by atoms with van der Waals surface area (Å²) in [7, 11) is 0. The first kappa shape index (κ1) is 12.2. The fourth-order valence-corrected chi connectivity index (χ4v) is 1.27. The monoisotopic (exact) mass is 234 g/mol. The van der Waals surface area contributed by atoms with E-state index >= 15 is 0 Å². The Balaban J connectivity index is 2.66. The molecular formula is C10H12ClFO3. The lowest BCUT2D eigenvalue weighted by atomic mass is 10.2. The molecule has 84 valence electrons. The highest BCUT2D eigenvalue weighted by molar-refractivity contribution is 6.32. The molecule has 0 saturated heterocycles. The van der Waals surface area contributed by atoms with E-state index in [1.807, 2.05) is 0 Å². The predicted molar refractivity (Wildman–Crippen MR) is 54.7 cm³/mol. The molecule has 0 aliphatic heterocycles. The molecule has 0 spiro atoms. The molecule has 5 heteroatoms.